The number of hydrogen-bond acceptors (Lipinski definition) is 3. The molecule has 2 aromatic rings. The van der Waals surface area contributed by atoms with Gasteiger partial charge in [0.2, 0.25) is 5.91 Å². The summed E-state index contributed by atoms with van der Waals surface area (Å²) in [5, 5.41) is 2.92. The highest BCUT2D eigenvalue weighted by atomic mass is 16.1. The number of carbonyl (C=O) groups excluding carboxylic acids is 1. The van der Waals surface area contributed by atoms with E-state index in [1.807, 2.05) is 29.8 Å². The average Bonchev–Trinajstić information content (AvgIpc) is 2.88. The van der Waals surface area contributed by atoms with Crippen molar-refractivity contribution < 1.29 is 4.79 Å². The van der Waals surface area contributed by atoms with Crippen LogP contribution >= 0.6 is 0 Å². The molecular formula is C16H22N4O. The fourth-order valence-corrected chi connectivity index (χ4v) is 2.26. The molecule has 0 spiro atoms. The highest BCUT2D eigenvalue weighted by Gasteiger charge is 2.07. The van der Waals surface area contributed by atoms with Crippen molar-refractivity contribution in [1.29, 1.82) is 0 Å². The zero-order chi connectivity index (χ0) is 15.2. The lowest BCUT2D eigenvalue weighted by Gasteiger charge is -2.10. The molecule has 5 nitrogen and oxygen atoms in total. The van der Waals surface area contributed by atoms with Crippen molar-refractivity contribution in [2.75, 3.05) is 11.1 Å². The number of imidazole rings is 1. The lowest BCUT2D eigenvalue weighted by molar-refractivity contribution is -0.116. The van der Waals surface area contributed by atoms with E-state index in [0.717, 1.165) is 29.9 Å². The number of amides is 1. The summed E-state index contributed by atoms with van der Waals surface area (Å²) >= 11 is 0. The van der Waals surface area contributed by atoms with Crippen LogP contribution in [0.25, 0.3) is 0 Å². The van der Waals surface area contributed by atoms with E-state index in [-0.39, 0.29) is 5.91 Å². The lowest BCUT2D eigenvalue weighted by Crippen LogP contribution is -2.16. The zero-order valence-electron chi connectivity index (χ0n) is 12.6. The number of anilines is 2. The minimum Gasteiger partial charge on any atom is -0.399 e. The minimum absolute atomic E-state index is 0.000908. The Labute approximate surface area is 125 Å². The van der Waals surface area contributed by atoms with Gasteiger partial charge in [-0.25, -0.2) is 4.98 Å². The Morgan fingerprint density at radius 3 is 2.95 bits per heavy atom. The normalized spacial score (nSPS) is 10.6. The van der Waals surface area contributed by atoms with Gasteiger partial charge in [0.15, 0.2) is 0 Å². The molecule has 0 radical (unpaired) electrons. The Balaban J connectivity index is 1.91. The van der Waals surface area contributed by atoms with Gasteiger partial charge in [-0.1, -0.05) is 6.92 Å². The number of nitrogen functional groups attached to an aromatic ring is 1. The van der Waals surface area contributed by atoms with Crippen LogP contribution in [0.4, 0.5) is 11.4 Å². The maximum absolute atomic E-state index is 12.0. The van der Waals surface area contributed by atoms with Crippen LogP contribution in [-0.2, 0) is 17.8 Å². The number of nitrogens with one attached hydrogen (secondary N) is 1. The van der Waals surface area contributed by atoms with Crippen molar-refractivity contribution in [1.82, 2.24) is 9.55 Å². The summed E-state index contributed by atoms with van der Waals surface area (Å²) in [4.78, 5) is 16.3. The fraction of sp³-hybridized carbons (Fsp3) is 0.375. The molecule has 1 aromatic carbocycles. The summed E-state index contributed by atoms with van der Waals surface area (Å²) in [7, 11) is 0. The van der Waals surface area contributed by atoms with Gasteiger partial charge in [0.05, 0.1) is 0 Å². The first kappa shape index (κ1) is 15.1. The number of aryl methyl sites for hydroxylation is 3. The van der Waals surface area contributed by atoms with Crippen molar-refractivity contribution >= 4 is 17.3 Å². The highest BCUT2D eigenvalue weighted by molar-refractivity contribution is 5.91. The summed E-state index contributed by atoms with van der Waals surface area (Å²) < 4.78 is 2.04. The van der Waals surface area contributed by atoms with E-state index in [0.29, 0.717) is 18.7 Å². The molecule has 0 fully saturated rings. The first-order valence-corrected chi connectivity index (χ1v) is 7.26. The molecule has 0 aliphatic rings. The largest absolute Gasteiger partial charge is 0.399 e. The molecule has 1 aromatic heterocycles. The Morgan fingerprint density at radius 1 is 1.43 bits per heavy atom. The lowest BCUT2D eigenvalue weighted by atomic mass is 10.2. The minimum atomic E-state index is -0.000908. The van der Waals surface area contributed by atoms with Crippen LogP contribution in [0, 0.1) is 6.92 Å². The van der Waals surface area contributed by atoms with Crippen LogP contribution in [0.2, 0.25) is 0 Å². The summed E-state index contributed by atoms with van der Waals surface area (Å²) in [6.07, 6.45) is 6.12. The summed E-state index contributed by atoms with van der Waals surface area (Å²) in [5.41, 5.74) is 8.19. The zero-order valence-corrected chi connectivity index (χ0v) is 12.6. The van der Waals surface area contributed by atoms with Gasteiger partial charge < -0.3 is 15.6 Å². The number of rotatable bonds is 6. The monoisotopic (exact) mass is 286 g/mol. The number of nitrogens with two attached hydrogens (primary N) is 1. The van der Waals surface area contributed by atoms with Crippen molar-refractivity contribution in [3.05, 3.63) is 42.0 Å². The number of nitrogens with zero attached hydrogens (tertiary/aromatic N) is 2. The Bertz CT molecular complexity index is 618. The molecule has 0 atom stereocenters. The molecule has 0 aliphatic heterocycles. The second-order valence-electron chi connectivity index (χ2n) is 5.16. The van der Waals surface area contributed by atoms with Crippen molar-refractivity contribution in [2.24, 2.45) is 0 Å². The van der Waals surface area contributed by atoms with E-state index in [2.05, 4.69) is 17.2 Å². The van der Waals surface area contributed by atoms with Crippen LogP contribution in [0.5, 0.6) is 0 Å². The van der Waals surface area contributed by atoms with Crippen molar-refractivity contribution in [3.8, 4) is 0 Å². The van der Waals surface area contributed by atoms with Crippen LogP contribution in [0.3, 0.4) is 0 Å². The molecule has 1 heterocycles. The Morgan fingerprint density at radius 2 is 2.24 bits per heavy atom. The van der Waals surface area contributed by atoms with Crippen LogP contribution in [0.1, 0.15) is 31.2 Å². The van der Waals surface area contributed by atoms with E-state index in [9.17, 15) is 4.79 Å². The van der Waals surface area contributed by atoms with Crippen molar-refractivity contribution in [3.63, 3.8) is 0 Å². The first-order chi connectivity index (χ1) is 10.1. The van der Waals surface area contributed by atoms with Gasteiger partial charge in [0.25, 0.3) is 0 Å². The molecule has 3 N–H and O–H groups in total. The first-order valence-electron chi connectivity index (χ1n) is 7.26. The SMILES string of the molecule is CCCc1nccn1CCC(=O)Nc1ccc(N)cc1C. The van der Waals surface area contributed by atoms with E-state index in [4.69, 9.17) is 5.73 Å². The van der Waals surface area contributed by atoms with E-state index in [1.165, 1.54) is 0 Å². The molecule has 0 bridgehead atoms. The maximum atomic E-state index is 12.0. The molecule has 21 heavy (non-hydrogen) atoms. The smallest absolute Gasteiger partial charge is 0.226 e. The predicted molar refractivity (Wildman–Crippen MR) is 85.1 cm³/mol. The Hall–Kier alpha value is -2.30. The van der Waals surface area contributed by atoms with Gasteiger partial charge in [-0.3, -0.25) is 4.79 Å². The van der Waals surface area contributed by atoms with Gasteiger partial charge in [-0.05, 0) is 37.1 Å². The molecule has 0 unspecified atom stereocenters. The molecule has 1 amide bonds. The highest BCUT2D eigenvalue weighted by Crippen LogP contribution is 2.17. The number of aromatic nitrogens is 2. The molecule has 5 heteroatoms. The third-order valence-electron chi connectivity index (χ3n) is 3.38. The van der Waals surface area contributed by atoms with Crippen LogP contribution in [0.15, 0.2) is 30.6 Å². The van der Waals surface area contributed by atoms with E-state index >= 15 is 0 Å². The summed E-state index contributed by atoms with van der Waals surface area (Å²) in [6, 6.07) is 5.48. The van der Waals surface area contributed by atoms with Crippen molar-refractivity contribution in [2.45, 2.75) is 39.7 Å². The fourth-order valence-electron chi connectivity index (χ4n) is 2.26. The van der Waals surface area contributed by atoms with Gasteiger partial charge >= 0.3 is 0 Å². The van der Waals surface area contributed by atoms with E-state index in [1.54, 1.807) is 12.3 Å². The quantitative estimate of drug-likeness (QED) is 0.802. The van der Waals surface area contributed by atoms with Gasteiger partial charge in [0.1, 0.15) is 5.82 Å². The van der Waals surface area contributed by atoms with Crippen LogP contribution < -0.4 is 11.1 Å². The molecular weight excluding hydrogens is 264 g/mol. The Kier molecular flexibility index (Phi) is 4.98. The topological polar surface area (TPSA) is 72.9 Å². The maximum Gasteiger partial charge on any atom is 0.226 e. The average molecular weight is 286 g/mol. The third-order valence-corrected chi connectivity index (χ3v) is 3.38. The van der Waals surface area contributed by atoms with Crippen LogP contribution in [-0.4, -0.2) is 15.5 Å². The number of hydrogen-bond donors (Lipinski definition) is 2. The molecule has 0 saturated heterocycles. The number of benzene rings is 1. The molecule has 2 rings (SSSR count). The van der Waals surface area contributed by atoms with Gasteiger partial charge in [-0.15, -0.1) is 0 Å². The van der Waals surface area contributed by atoms with Gasteiger partial charge in [-0.2, -0.15) is 0 Å². The third kappa shape index (κ3) is 4.08. The standard InChI is InChI=1S/C16H22N4O/c1-3-4-15-18-8-10-20(15)9-7-16(21)19-14-6-5-13(17)11-12(14)2/h5-6,8,10-11H,3-4,7,9,17H2,1-2H3,(H,19,21). The van der Waals surface area contributed by atoms with E-state index < -0.39 is 0 Å². The number of carbonyl (C=O) groups is 1. The second kappa shape index (κ2) is 6.92. The molecule has 0 saturated carbocycles. The summed E-state index contributed by atoms with van der Waals surface area (Å²) in [5.74, 6) is 1.04. The van der Waals surface area contributed by atoms with Gasteiger partial charge in [0, 0.05) is 43.2 Å². The summed E-state index contributed by atoms with van der Waals surface area (Å²) in [6.45, 7) is 4.70. The molecule has 0 aliphatic carbocycles. The second-order valence-corrected chi connectivity index (χ2v) is 5.16. The molecule has 112 valence electrons. The predicted octanol–water partition coefficient (Wildman–Crippen LogP) is 2.76.